The molecule has 2 unspecified atom stereocenters. The second kappa shape index (κ2) is 7.62. The highest BCUT2D eigenvalue weighted by atomic mass is 19.4. The van der Waals surface area contributed by atoms with Gasteiger partial charge in [0.25, 0.3) is 0 Å². The molecule has 1 fully saturated rings. The molecule has 3 aromatic rings. The van der Waals surface area contributed by atoms with E-state index in [9.17, 15) is 22.4 Å². The lowest BCUT2D eigenvalue weighted by molar-refractivity contribution is -0.153. The highest BCUT2D eigenvalue weighted by Crippen LogP contribution is 2.48. The molecular formula is C21H19F4N3O2. The Balaban J connectivity index is 1.33. The number of benzene rings is 1. The van der Waals surface area contributed by atoms with Crippen molar-refractivity contribution in [2.24, 2.45) is 5.92 Å². The number of alkyl halides is 3. The Morgan fingerprint density at radius 1 is 1.30 bits per heavy atom. The number of carbonyl (C=O) groups excluding carboxylic acids is 1. The number of ether oxygens (including phenoxy) is 1. The molecule has 1 amide bonds. The first-order chi connectivity index (χ1) is 14.2. The van der Waals surface area contributed by atoms with Crippen molar-refractivity contribution in [1.82, 2.24) is 15.3 Å². The van der Waals surface area contributed by atoms with Crippen LogP contribution in [0.15, 0.2) is 42.6 Å². The molecule has 5 nitrogen and oxygen atoms in total. The molecule has 4 rings (SSSR count). The minimum atomic E-state index is -4.42. The topological polar surface area (TPSA) is 67.0 Å². The number of fused-ring (bicyclic) bond motifs is 1. The monoisotopic (exact) mass is 421 g/mol. The summed E-state index contributed by atoms with van der Waals surface area (Å²) in [6.07, 6.45) is -2.53. The predicted molar refractivity (Wildman–Crippen MR) is 101 cm³/mol. The maximum absolute atomic E-state index is 13.4. The zero-order chi connectivity index (χ0) is 21.5. The van der Waals surface area contributed by atoms with Gasteiger partial charge in [-0.2, -0.15) is 13.2 Å². The first kappa shape index (κ1) is 20.2. The smallest absolute Gasteiger partial charge is 0.422 e. The van der Waals surface area contributed by atoms with Crippen molar-refractivity contribution >= 4 is 16.8 Å². The van der Waals surface area contributed by atoms with Gasteiger partial charge in [-0.3, -0.25) is 9.78 Å². The van der Waals surface area contributed by atoms with Crippen LogP contribution < -0.4 is 10.1 Å². The second-order valence-electron chi connectivity index (χ2n) is 7.46. The molecule has 0 radical (unpaired) electrons. The summed E-state index contributed by atoms with van der Waals surface area (Å²) in [6.45, 7) is 0.364. The number of aromatic amines is 1. The highest BCUT2D eigenvalue weighted by molar-refractivity contribution is 5.85. The highest BCUT2D eigenvalue weighted by Gasteiger charge is 2.45. The van der Waals surface area contributed by atoms with Gasteiger partial charge in [0.2, 0.25) is 5.91 Å². The SMILES string of the molecule is C[C@@H](NC(=O)C1CC1c1cc2cc(F)ccc2[nH]1)c1ccc(OCC(F)(F)F)cn1. The molecule has 0 aliphatic heterocycles. The predicted octanol–water partition coefficient (Wildman–Crippen LogP) is 4.62. The van der Waals surface area contributed by atoms with Crippen LogP contribution in [0, 0.1) is 11.7 Å². The summed E-state index contributed by atoms with van der Waals surface area (Å²) < 4.78 is 54.6. The van der Waals surface area contributed by atoms with Gasteiger partial charge in [-0.05, 0) is 49.7 Å². The van der Waals surface area contributed by atoms with E-state index in [2.05, 4.69) is 20.0 Å². The van der Waals surface area contributed by atoms with Gasteiger partial charge in [0.05, 0.1) is 17.9 Å². The molecule has 2 aromatic heterocycles. The van der Waals surface area contributed by atoms with Crippen molar-refractivity contribution in [2.75, 3.05) is 6.61 Å². The summed E-state index contributed by atoms with van der Waals surface area (Å²) in [4.78, 5) is 19.9. The fourth-order valence-corrected chi connectivity index (χ4v) is 3.45. The van der Waals surface area contributed by atoms with Crippen LogP contribution in [0.4, 0.5) is 17.6 Å². The van der Waals surface area contributed by atoms with Crippen molar-refractivity contribution in [2.45, 2.75) is 31.5 Å². The molecule has 2 N–H and O–H groups in total. The molecule has 0 saturated heterocycles. The average molecular weight is 421 g/mol. The number of nitrogens with one attached hydrogen (secondary N) is 2. The van der Waals surface area contributed by atoms with Crippen LogP contribution in [0.1, 0.15) is 36.7 Å². The lowest BCUT2D eigenvalue weighted by Gasteiger charge is -2.14. The summed E-state index contributed by atoms with van der Waals surface area (Å²) in [7, 11) is 0. The summed E-state index contributed by atoms with van der Waals surface area (Å²) in [5.41, 5.74) is 2.23. The first-order valence-electron chi connectivity index (χ1n) is 9.43. The minimum Gasteiger partial charge on any atom is -0.483 e. The van der Waals surface area contributed by atoms with E-state index in [1.54, 1.807) is 13.0 Å². The number of amides is 1. The number of hydrogen-bond acceptors (Lipinski definition) is 3. The Kier molecular flexibility index (Phi) is 5.13. The van der Waals surface area contributed by atoms with E-state index < -0.39 is 18.8 Å². The molecule has 1 aliphatic rings. The quantitative estimate of drug-likeness (QED) is 0.571. The normalized spacial score (nSPS) is 19.5. The van der Waals surface area contributed by atoms with Crippen LogP contribution in [0.25, 0.3) is 10.9 Å². The largest absolute Gasteiger partial charge is 0.483 e. The molecule has 3 atom stereocenters. The van der Waals surface area contributed by atoms with Crippen LogP contribution in [-0.4, -0.2) is 28.7 Å². The van der Waals surface area contributed by atoms with Gasteiger partial charge in [0.1, 0.15) is 11.6 Å². The maximum Gasteiger partial charge on any atom is 0.422 e. The Hall–Kier alpha value is -3.10. The molecule has 1 aliphatic carbocycles. The Morgan fingerprint density at radius 2 is 2.10 bits per heavy atom. The molecule has 2 heterocycles. The fourth-order valence-electron chi connectivity index (χ4n) is 3.45. The van der Waals surface area contributed by atoms with Gasteiger partial charge >= 0.3 is 6.18 Å². The van der Waals surface area contributed by atoms with E-state index in [4.69, 9.17) is 0 Å². The Bertz CT molecular complexity index is 1060. The van der Waals surface area contributed by atoms with E-state index in [0.717, 1.165) is 16.6 Å². The van der Waals surface area contributed by atoms with Crippen LogP contribution in [0.2, 0.25) is 0 Å². The number of aromatic nitrogens is 2. The van der Waals surface area contributed by atoms with Gasteiger partial charge in [0.15, 0.2) is 6.61 Å². The van der Waals surface area contributed by atoms with Crippen molar-refractivity contribution in [1.29, 1.82) is 0 Å². The third kappa shape index (κ3) is 4.55. The maximum atomic E-state index is 13.4. The summed E-state index contributed by atoms with van der Waals surface area (Å²) >= 11 is 0. The van der Waals surface area contributed by atoms with Crippen LogP contribution >= 0.6 is 0 Å². The van der Waals surface area contributed by atoms with Crippen molar-refractivity contribution in [3.05, 3.63) is 59.8 Å². The number of H-pyrrole nitrogens is 1. The third-order valence-electron chi connectivity index (χ3n) is 5.09. The number of rotatable bonds is 6. The summed E-state index contributed by atoms with van der Waals surface area (Å²) in [5, 5.41) is 3.65. The van der Waals surface area contributed by atoms with Crippen LogP contribution in [-0.2, 0) is 4.79 Å². The molecule has 30 heavy (non-hydrogen) atoms. The molecule has 0 bridgehead atoms. The van der Waals surface area contributed by atoms with E-state index in [1.165, 1.54) is 30.5 Å². The van der Waals surface area contributed by atoms with Crippen molar-refractivity contribution < 1.29 is 27.1 Å². The lowest BCUT2D eigenvalue weighted by atomic mass is 10.1. The second-order valence-corrected chi connectivity index (χ2v) is 7.46. The number of carbonyl (C=O) groups is 1. The molecule has 1 saturated carbocycles. The van der Waals surface area contributed by atoms with Crippen molar-refractivity contribution in [3.63, 3.8) is 0 Å². The van der Waals surface area contributed by atoms with Crippen LogP contribution in [0.3, 0.4) is 0 Å². The van der Waals surface area contributed by atoms with E-state index in [-0.39, 0.29) is 29.3 Å². The number of hydrogen-bond donors (Lipinski definition) is 2. The standard InChI is InChI=1S/C21H19F4N3O2/c1-11(17-5-3-14(9-26-17)30-10-21(23,24)25)27-20(29)16-8-15(16)19-7-12-6-13(22)2-4-18(12)28-19/h2-7,9,11,15-16,28H,8,10H2,1H3,(H,27,29)/t11-,15?,16?/m1/s1. The summed E-state index contributed by atoms with van der Waals surface area (Å²) in [6, 6.07) is 8.86. The summed E-state index contributed by atoms with van der Waals surface area (Å²) in [5.74, 6) is -0.587. The third-order valence-corrected chi connectivity index (χ3v) is 5.09. The van der Waals surface area contributed by atoms with E-state index in [1.807, 2.05) is 6.07 Å². The first-order valence-corrected chi connectivity index (χ1v) is 9.43. The zero-order valence-electron chi connectivity index (χ0n) is 16.0. The van der Waals surface area contributed by atoms with Crippen molar-refractivity contribution in [3.8, 4) is 5.75 Å². The van der Waals surface area contributed by atoms with E-state index in [0.29, 0.717) is 12.1 Å². The number of nitrogens with zero attached hydrogens (tertiary/aromatic N) is 1. The van der Waals surface area contributed by atoms with Crippen LogP contribution in [0.5, 0.6) is 5.75 Å². The molecule has 9 heteroatoms. The Labute approximate surface area is 169 Å². The number of pyridine rings is 1. The molecular weight excluding hydrogens is 402 g/mol. The zero-order valence-corrected chi connectivity index (χ0v) is 16.0. The fraction of sp³-hybridized carbons (Fsp3) is 0.333. The van der Waals surface area contributed by atoms with Gasteiger partial charge in [-0.15, -0.1) is 0 Å². The molecule has 158 valence electrons. The minimum absolute atomic E-state index is 0.00658. The van der Waals surface area contributed by atoms with Gasteiger partial charge in [0, 0.05) is 28.4 Å². The van der Waals surface area contributed by atoms with Gasteiger partial charge in [-0.1, -0.05) is 0 Å². The number of halogens is 4. The molecule has 1 aromatic carbocycles. The van der Waals surface area contributed by atoms with Gasteiger partial charge in [-0.25, -0.2) is 4.39 Å². The lowest BCUT2D eigenvalue weighted by Crippen LogP contribution is -2.29. The van der Waals surface area contributed by atoms with E-state index >= 15 is 0 Å². The average Bonchev–Trinajstić information content (AvgIpc) is 3.39. The van der Waals surface area contributed by atoms with Gasteiger partial charge < -0.3 is 15.0 Å². The molecule has 0 spiro atoms. The Morgan fingerprint density at radius 3 is 2.80 bits per heavy atom.